The molecule has 1 amide bonds. The van der Waals surface area contributed by atoms with Crippen LogP contribution in [0.5, 0.6) is 0 Å². The number of benzene rings is 1. The topological polar surface area (TPSA) is 40.5 Å². The molecule has 2 rings (SSSR count). The Kier molecular flexibility index (Phi) is 2.75. The van der Waals surface area contributed by atoms with Crippen LogP contribution in [0, 0.1) is 5.82 Å². The van der Waals surface area contributed by atoms with Crippen LogP contribution in [-0.4, -0.2) is 35.1 Å². The Bertz CT molecular complexity index is 384. The number of likely N-dealkylation sites (tertiary alicyclic amines) is 1. The molecule has 0 bridgehead atoms. The number of aliphatic hydroxyl groups excluding tert-OH is 1. The third-order valence-electron chi connectivity index (χ3n) is 2.26. The second-order valence-corrected chi connectivity index (χ2v) is 4.44. The lowest BCUT2D eigenvalue weighted by molar-refractivity contribution is 0.00586. The fourth-order valence-corrected chi connectivity index (χ4v) is 1.95. The van der Waals surface area contributed by atoms with Gasteiger partial charge in [-0.1, -0.05) is 15.9 Å². The number of carbonyl (C=O) groups is 1. The standard InChI is InChI=1S/C10H9BrFNO2/c11-7-1-6(2-8(12)3-7)10(15)13-4-9(14)5-13/h1-3,9,14H,4-5H2. The van der Waals surface area contributed by atoms with Gasteiger partial charge in [0, 0.05) is 23.1 Å². The second-order valence-electron chi connectivity index (χ2n) is 3.52. The van der Waals surface area contributed by atoms with Gasteiger partial charge in [-0.15, -0.1) is 0 Å². The fourth-order valence-electron chi connectivity index (χ4n) is 1.48. The van der Waals surface area contributed by atoms with Crippen LogP contribution in [0.25, 0.3) is 0 Å². The van der Waals surface area contributed by atoms with Crippen molar-refractivity contribution in [1.29, 1.82) is 0 Å². The zero-order valence-electron chi connectivity index (χ0n) is 7.78. The molecule has 1 heterocycles. The van der Waals surface area contributed by atoms with Crippen LogP contribution in [0.2, 0.25) is 0 Å². The van der Waals surface area contributed by atoms with E-state index in [1.54, 1.807) is 6.07 Å². The minimum Gasteiger partial charge on any atom is -0.389 e. The number of rotatable bonds is 1. The maximum atomic E-state index is 13.0. The highest BCUT2D eigenvalue weighted by Crippen LogP contribution is 2.18. The quantitative estimate of drug-likeness (QED) is 0.841. The molecule has 0 spiro atoms. The molecule has 1 fully saturated rings. The Morgan fingerprint density at radius 2 is 2.13 bits per heavy atom. The average molecular weight is 274 g/mol. The molecule has 1 N–H and O–H groups in total. The third-order valence-corrected chi connectivity index (χ3v) is 2.72. The highest BCUT2D eigenvalue weighted by Gasteiger charge is 2.29. The Labute approximate surface area is 94.6 Å². The van der Waals surface area contributed by atoms with E-state index < -0.39 is 11.9 Å². The van der Waals surface area contributed by atoms with Gasteiger partial charge in [0.05, 0.1) is 6.10 Å². The predicted molar refractivity (Wildman–Crippen MR) is 56.0 cm³/mol. The molecule has 80 valence electrons. The summed E-state index contributed by atoms with van der Waals surface area (Å²) in [4.78, 5) is 13.2. The third kappa shape index (κ3) is 2.18. The summed E-state index contributed by atoms with van der Waals surface area (Å²) in [6.45, 7) is 0.653. The van der Waals surface area contributed by atoms with Gasteiger partial charge in [-0.3, -0.25) is 4.79 Å². The van der Waals surface area contributed by atoms with Crippen molar-refractivity contribution in [2.24, 2.45) is 0 Å². The lowest BCUT2D eigenvalue weighted by atomic mass is 10.1. The Morgan fingerprint density at radius 3 is 2.67 bits per heavy atom. The Morgan fingerprint density at radius 1 is 1.47 bits per heavy atom. The highest BCUT2D eigenvalue weighted by molar-refractivity contribution is 9.10. The van der Waals surface area contributed by atoms with Crippen LogP contribution in [0.3, 0.4) is 0 Å². The number of carbonyl (C=O) groups excluding carboxylic acids is 1. The molecular formula is C10H9BrFNO2. The van der Waals surface area contributed by atoms with E-state index in [1.165, 1.54) is 17.0 Å². The van der Waals surface area contributed by atoms with Crippen molar-refractivity contribution >= 4 is 21.8 Å². The molecule has 1 aromatic rings. The number of aliphatic hydroxyl groups is 1. The maximum Gasteiger partial charge on any atom is 0.254 e. The second kappa shape index (κ2) is 3.90. The highest BCUT2D eigenvalue weighted by atomic mass is 79.9. The Balaban J connectivity index is 2.18. The molecule has 1 saturated heterocycles. The summed E-state index contributed by atoms with van der Waals surface area (Å²) < 4.78 is 13.5. The van der Waals surface area contributed by atoms with Crippen molar-refractivity contribution in [3.8, 4) is 0 Å². The van der Waals surface area contributed by atoms with Gasteiger partial charge in [0.1, 0.15) is 5.82 Å². The SMILES string of the molecule is O=C(c1cc(F)cc(Br)c1)N1CC(O)C1. The fraction of sp³-hybridized carbons (Fsp3) is 0.300. The van der Waals surface area contributed by atoms with E-state index >= 15 is 0 Å². The zero-order chi connectivity index (χ0) is 11.0. The lowest BCUT2D eigenvalue weighted by Gasteiger charge is -2.35. The summed E-state index contributed by atoms with van der Waals surface area (Å²) in [6, 6.07) is 4.05. The summed E-state index contributed by atoms with van der Waals surface area (Å²) in [5.74, 6) is -0.700. The van der Waals surface area contributed by atoms with Crippen molar-refractivity contribution in [3.05, 3.63) is 34.1 Å². The van der Waals surface area contributed by atoms with Gasteiger partial charge in [0.15, 0.2) is 0 Å². The van der Waals surface area contributed by atoms with E-state index in [9.17, 15) is 9.18 Å². The van der Waals surface area contributed by atoms with Crippen LogP contribution in [0.4, 0.5) is 4.39 Å². The van der Waals surface area contributed by atoms with Crippen LogP contribution in [0.1, 0.15) is 10.4 Å². The van der Waals surface area contributed by atoms with Gasteiger partial charge >= 0.3 is 0 Å². The van der Waals surface area contributed by atoms with Crippen LogP contribution in [0.15, 0.2) is 22.7 Å². The first-order valence-corrected chi connectivity index (χ1v) is 5.29. The van der Waals surface area contributed by atoms with Crippen LogP contribution < -0.4 is 0 Å². The van der Waals surface area contributed by atoms with Gasteiger partial charge in [0.2, 0.25) is 0 Å². The molecule has 0 radical (unpaired) electrons. The number of hydrogen-bond donors (Lipinski definition) is 1. The summed E-state index contributed by atoms with van der Waals surface area (Å²) in [6.07, 6.45) is -0.439. The molecule has 15 heavy (non-hydrogen) atoms. The van der Waals surface area contributed by atoms with E-state index in [0.29, 0.717) is 23.1 Å². The smallest absolute Gasteiger partial charge is 0.254 e. The Hall–Kier alpha value is -0.940. The minimum atomic E-state index is -0.450. The molecule has 0 saturated carbocycles. The normalized spacial score (nSPS) is 16.3. The van der Waals surface area contributed by atoms with Crippen LogP contribution in [-0.2, 0) is 0 Å². The molecule has 1 aliphatic rings. The van der Waals surface area contributed by atoms with E-state index in [0.717, 1.165) is 0 Å². The van der Waals surface area contributed by atoms with E-state index in [-0.39, 0.29) is 5.91 Å². The first-order valence-electron chi connectivity index (χ1n) is 4.49. The molecule has 1 aliphatic heterocycles. The summed E-state index contributed by atoms with van der Waals surface area (Å²) in [5, 5.41) is 9.05. The molecule has 5 heteroatoms. The number of nitrogens with zero attached hydrogens (tertiary/aromatic N) is 1. The number of amides is 1. The van der Waals surface area contributed by atoms with Gasteiger partial charge < -0.3 is 10.0 Å². The molecule has 1 aromatic carbocycles. The van der Waals surface area contributed by atoms with Gasteiger partial charge in [-0.2, -0.15) is 0 Å². The van der Waals surface area contributed by atoms with Gasteiger partial charge in [-0.25, -0.2) is 4.39 Å². The molecule has 0 aromatic heterocycles. The zero-order valence-corrected chi connectivity index (χ0v) is 9.37. The van der Waals surface area contributed by atoms with Crippen molar-refractivity contribution in [2.75, 3.05) is 13.1 Å². The van der Waals surface area contributed by atoms with Crippen molar-refractivity contribution < 1.29 is 14.3 Å². The average Bonchev–Trinajstić information content (AvgIpc) is 2.10. The molecule has 0 aliphatic carbocycles. The molecular weight excluding hydrogens is 265 g/mol. The van der Waals surface area contributed by atoms with Gasteiger partial charge in [-0.05, 0) is 18.2 Å². The van der Waals surface area contributed by atoms with Crippen molar-refractivity contribution in [2.45, 2.75) is 6.10 Å². The van der Waals surface area contributed by atoms with Crippen molar-refractivity contribution in [1.82, 2.24) is 4.90 Å². The summed E-state index contributed by atoms with van der Waals surface area (Å²) in [7, 11) is 0. The summed E-state index contributed by atoms with van der Waals surface area (Å²) >= 11 is 3.12. The van der Waals surface area contributed by atoms with E-state index in [4.69, 9.17) is 5.11 Å². The maximum absolute atomic E-state index is 13.0. The lowest BCUT2D eigenvalue weighted by Crippen LogP contribution is -2.53. The summed E-state index contributed by atoms with van der Waals surface area (Å²) in [5.41, 5.74) is 0.300. The molecule has 0 unspecified atom stereocenters. The number of halogens is 2. The number of hydrogen-bond acceptors (Lipinski definition) is 2. The van der Waals surface area contributed by atoms with Crippen LogP contribution >= 0.6 is 15.9 Å². The minimum absolute atomic E-state index is 0.250. The monoisotopic (exact) mass is 273 g/mol. The first-order chi connectivity index (χ1) is 7.06. The van der Waals surface area contributed by atoms with E-state index in [2.05, 4.69) is 15.9 Å². The first kappa shape index (κ1) is 10.6. The van der Waals surface area contributed by atoms with Crippen molar-refractivity contribution in [3.63, 3.8) is 0 Å². The molecule has 0 atom stereocenters. The molecule has 3 nitrogen and oxygen atoms in total. The van der Waals surface area contributed by atoms with E-state index in [1.807, 2.05) is 0 Å². The largest absolute Gasteiger partial charge is 0.389 e. The number of β-amino-alcohol motifs (C(OH)–C–C–N with tert-alkyl or cyclic N) is 1. The predicted octanol–water partition coefficient (Wildman–Crippen LogP) is 1.40. The van der Waals surface area contributed by atoms with Gasteiger partial charge in [0.25, 0.3) is 5.91 Å².